The first-order chi connectivity index (χ1) is 10.4. The third kappa shape index (κ3) is 2.49. The molecule has 0 bridgehead atoms. The standard InChI is InChI=1S/C15H15FN4O2/c1-9(21)15(7-8-15)18-14(22)13-17-10(2)20(19-13)12-5-3-11(16)4-6-12/h3-6H,7-8H2,1-2H3,(H,18,22). The number of carbonyl (C=O) groups excluding carboxylic acids is 2. The molecule has 1 aromatic carbocycles. The molecule has 1 heterocycles. The molecule has 2 aromatic rings. The van der Waals surface area contributed by atoms with Crippen LogP contribution >= 0.6 is 0 Å². The fraction of sp³-hybridized carbons (Fsp3) is 0.333. The second-order valence-corrected chi connectivity index (χ2v) is 5.46. The molecule has 1 fully saturated rings. The van der Waals surface area contributed by atoms with E-state index in [1.807, 2.05) is 0 Å². The van der Waals surface area contributed by atoms with Gasteiger partial charge in [-0.3, -0.25) is 9.59 Å². The molecule has 3 rings (SSSR count). The van der Waals surface area contributed by atoms with E-state index in [1.165, 1.54) is 23.7 Å². The Kier molecular flexibility index (Phi) is 3.27. The first-order valence-electron chi connectivity index (χ1n) is 6.94. The molecule has 1 N–H and O–H groups in total. The van der Waals surface area contributed by atoms with Gasteiger partial charge in [0, 0.05) is 0 Å². The van der Waals surface area contributed by atoms with Gasteiger partial charge < -0.3 is 5.32 Å². The summed E-state index contributed by atoms with van der Waals surface area (Å²) < 4.78 is 14.4. The molecular weight excluding hydrogens is 287 g/mol. The zero-order valence-electron chi connectivity index (χ0n) is 12.3. The number of Topliss-reactive ketones (excluding diaryl/α,β-unsaturated/α-hetero) is 1. The number of rotatable bonds is 4. The topological polar surface area (TPSA) is 76.9 Å². The second-order valence-electron chi connectivity index (χ2n) is 5.46. The normalized spacial score (nSPS) is 15.4. The van der Waals surface area contributed by atoms with Crippen LogP contribution < -0.4 is 5.32 Å². The van der Waals surface area contributed by atoms with E-state index in [-0.39, 0.29) is 17.4 Å². The minimum atomic E-state index is -0.744. The summed E-state index contributed by atoms with van der Waals surface area (Å²) in [6, 6.07) is 5.73. The van der Waals surface area contributed by atoms with Crippen molar-refractivity contribution in [2.24, 2.45) is 0 Å². The zero-order chi connectivity index (χ0) is 15.9. The van der Waals surface area contributed by atoms with E-state index in [1.54, 1.807) is 19.1 Å². The van der Waals surface area contributed by atoms with E-state index in [0.717, 1.165) is 0 Å². The molecule has 1 amide bonds. The quantitative estimate of drug-likeness (QED) is 0.930. The maximum absolute atomic E-state index is 13.0. The van der Waals surface area contributed by atoms with Crippen molar-refractivity contribution in [3.8, 4) is 5.69 Å². The van der Waals surface area contributed by atoms with Crippen LogP contribution in [-0.2, 0) is 4.79 Å². The zero-order valence-corrected chi connectivity index (χ0v) is 12.3. The van der Waals surface area contributed by atoms with Crippen LogP contribution in [-0.4, -0.2) is 32.0 Å². The average Bonchev–Trinajstić information content (AvgIpc) is 3.15. The Morgan fingerprint density at radius 2 is 1.91 bits per heavy atom. The summed E-state index contributed by atoms with van der Waals surface area (Å²) in [5.74, 6) is -0.386. The lowest BCUT2D eigenvalue weighted by atomic mass is 10.2. The molecule has 7 heteroatoms. The Bertz CT molecular complexity index is 747. The van der Waals surface area contributed by atoms with Gasteiger partial charge in [0.05, 0.1) is 11.2 Å². The Morgan fingerprint density at radius 1 is 1.27 bits per heavy atom. The van der Waals surface area contributed by atoms with E-state index < -0.39 is 11.4 Å². The average molecular weight is 302 g/mol. The lowest BCUT2D eigenvalue weighted by Gasteiger charge is -2.11. The Hall–Kier alpha value is -2.57. The van der Waals surface area contributed by atoms with E-state index >= 15 is 0 Å². The number of halogens is 1. The molecule has 6 nitrogen and oxygen atoms in total. The van der Waals surface area contributed by atoms with Crippen LogP contribution in [0.4, 0.5) is 4.39 Å². The maximum Gasteiger partial charge on any atom is 0.291 e. The first-order valence-corrected chi connectivity index (χ1v) is 6.94. The summed E-state index contributed by atoms with van der Waals surface area (Å²) in [6.07, 6.45) is 1.29. The molecule has 0 atom stereocenters. The molecule has 22 heavy (non-hydrogen) atoms. The van der Waals surface area contributed by atoms with Gasteiger partial charge in [-0.15, -0.1) is 5.10 Å². The smallest absolute Gasteiger partial charge is 0.291 e. The lowest BCUT2D eigenvalue weighted by Crippen LogP contribution is -2.42. The molecule has 0 aliphatic heterocycles. The molecular formula is C15H15FN4O2. The number of aryl methyl sites for hydroxylation is 1. The molecule has 0 radical (unpaired) electrons. The molecule has 1 aromatic heterocycles. The van der Waals surface area contributed by atoms with Gasteiger partial charge in [0.2, 0.25) is 5.82 Å². The number of ketones is 1. The molecule has 114 valence electrons. The summed E-state index contributed by atoms with van der Waals surface area (Å²) in [6.45, 7) is 3.16. The SMILES string of the molecule is CC(=O)C1(NC(=O)c2nc(C)n(-c3ccc(F)cc3)n2)CC1. The fourth-order valence-corrected chi connectivity index (χ4v) is 2.28. The van der Waals surface area contributed by atoms with Crippen molar-refractivity contribution in [3.63, 3.8) is 0 Å². The number of hydrogen-bond acceptors (Lipinski definition) is 4. The van der Waals surface area contributed by atoms with Gasteiger partial charge in [0.1, 0.15) is 11.6 Å². The van der Waals surface area contributed by atoms with Crippen molar-refractivity contribution in [1.82, 2.24) is 20.1 Å². The van der Waals surface area contributed by atoms with Crippen LogP contribution in [0.25, 0.3) is 5.69 Å². The van der Waals surface area contributed by atoms with Crippen LogP contribution in [0.2, 0.25) is 0 Å². The van der Waals surface area contributed by atoms with Crippen LogP contribution in [0.1, 0.15) is 36.2 Å². The summed E-state index contributed by atoms with van der Waals surface area (Å²) in [5, 5.41) is 6.84. The Labute approximate surface area is 126 Å². The van der Waals surface area contributed by atoms with Crippen molar-refractivity contribution in [2.45, 2.75) is 32.2 Å². The van der Waals surface area contributed by atoms with Gasteiger partial charge in [0.25, 0.3) is 5.91 Å². The van der Waals surface area contributed by atoms with Crippen molar-refractivity contribution >= 4 is 11.7 Å². The van der Waals surface area contributed by atoms with E-state index in [0.29, 0.717) is 24.4 Å². The predicted molar refractivity (Wildman–Crippen MR) is 76.2 cm³/mol. The van der Waals surface area contributed by atoms with Crippen LogP contribution in [0.3, 0.4) is 0 Å². The molecule has 0 unspecified atom stereocenters. The van der Waals surface area contributed by atoms with Crippen LogP contribution in [0.15, 0.2) is 24.3 Å². The van der Waals surface area contributed by atoms with Crippen molar-refractivity contribution in [2.75, 3.05) is 0 Å². The fourth-order valence-electron chi connectivity index (χ4n) is 2.28. The van der Waals surface area contributed by atoms with Gasteiger partial charge in [-0.2, -0.15) is 0 Å². The highest BCUT2D eigenvalue weighted by Crippen LogP contribution is 2.36. The Balaban J connectivity index is 1.84. The van der Waals surface area contributed by atoms with Crippen molar-refractivity contribution in [3.05, 3.63) is 41.7 Å². The summed E-state index contributed by atoms with van der Waals surface area (Å²) in [5.41, 5.74) is -0.134. The van der Waals surface area contributed by atoms with Gasteiger partial charge in [-0.1, -0.05) is 0 Å². The van der Waals surface area contributed by atoms with E-state index in [2.05, 4.69) is 15.4 Å². The highest BCUT2D eigenvalue weighted by atomic mass is 19.1. The number of amides is 1. The molecule has 0 spiro atoms. The summed E-state index contributed by atoms with van der Waals surface area (Å²) in [7, 11) is 0. The van der Waals surface area contributed by atoms with Crippen LogP contribution in [0, 0.1) is 12.7 Å². The highest BCUT2D eigenvalue weighted by molar-refractivity contribution is 5.98. The second kappa shape index (κ2) is 5.01. The number of benzene rings is 1. The minimum Gasteiger partial charge on any atom is -0.337 e. The van der Waals surface area contributed by atoms with Gasteiger partial charge in [-0.05, 0) is 51.0 Å². The van der Waals surface area contributed by atoms with Gasteiger partial charge >= 0.3 is 0 Å². The predicted octanol–water partition coefficient (Wildman–Crippen LogP) is 1.57. The minimum absolute atomic E-state index is 0.00523. The van der Waals surface area contributed by atoms with E-state index in [9.17, 15) is 14.0 Å². The molecule has 1 saturated carbocycles. The summed E-state index contributed by atoms with van der Waals surface area (Å²) in [4.78, 5) is 27.8. The summed E-state index contributed by atoms with van der Waals surface area (Å²) >= 11 is 0. The highest BCUT2D eigenvalue weighted by Gasteiger charge is 2.49. The monoisotopic (exact) mass is 302 g/mol. The Morgan fingerprint density at radius 3 is 2.45 bits per heavy atom. The number of hydrogen-bond donors (Lipinski definition) is 1. The number of aromatic nitrogens is 3. The lowest BCUT2D eigenvalue weighted by molar-refractivity contribution is -0.119. The third-order valence-electron chi connectivity index (χ3n) is 3.82. The van der Waals surface area contributed by atoms with Crippen LogP contribution in [0.5, 0.6) is 0 Å². The molecule has 1 aliphatic carbocycles. The largest absolute Gasteiger partial charge is 0.337 e. The van der Waals surface area contributed by atoms with Gasteiger partial charge in [-0.25, -0.2) is 14.1 Å². The van der Waals surface area contributed by atoms with E-state index in [4.69, 9.17) is 0 Å². The van der Waals surface area contributed by atoms with Gasteiger partial charge in [0.15, 0.2) is 5.78 Å². The first kappa shape index (κ1) is 14.4. The molecule has 0 saturated heterocycles. The number of carbonyl (C=O) groups is 2. The maximum atomic E-state index is 13.0. The van der Waals surface area contributed by atoms with Crippen molar-refractivity contribution in [1.29, 1.82) is 0 Å². The number of nitrogens with zero attached hydrogens (tertiary/aromatic N) is 3. The third-order valence-corrected chi connectivity index (χ3v) is 3.82. The van der Waals surface area contributed by atoms with Crippen molar-refractivity contribution < 1.29 is 14.0 Å². The molecule has 1 aliphatic rings. The number of nitrogens with one attached hydrogen (secondary N) is 1.